The van der Waals surface area contributed by atoms with Crippen molar-refractivity contribution < 1.29 is 12.8 Å². The fraction of sp³-hybridized carbons (Fsp3) is 0.222. The Bertz CT molecular complexity index is 726. The van der Waals surface area contributed by atoms with Crippen LogP contribution in [0.3, 0.4) is 0 Å². The van der Waals surface area contributed by atoms with Crippen LogP contribution in [-0.4, -0.2) is 30.8 Å². The maximum absolute atomic E-state index is 11.9. The number of fused-ring (bicyclic) bond motifs is 1. The first-order chi connectivity index (χ1) is 7.84. The monoisotopic (exact) mass is 257 g/mol. The van der Waals surface area contributed by atoms with Crippen LogP contribution >= 0.6 is 0 Å². The quantitative estimate of drug-likeness (QED) is 0.753. The highest BCUT2D eigenvalue weighted by molar-refractivity contribution is 7.87. The van der Waals surface area contributed by atoms with E-state index >= 15 is 0 Å². The van der Waals surface area contributed by atoms with Crippen LogP contribution in [0, 0.1) is 0 Å². The van der Waals surface area contributed by atoms with Crippen LogP contribution in [-0.2, 0) is 10.2 Å². The highest BCUT2D eigenvalue weighted by Gasteiger charge is 2.23. The predicted octanol–water partition coefficient (Wildman–Crippen LogP) is -0.169. The summed E-state index contributed by atoms with van der Waals surface area (Å²) in [6.07, 6.45) is 0. The highest BCUT2D eigenvalue weighted by atomic mass is 32.2. The Hall–Kier alpha value is -1.80. The topological polar surface area (TPSA) is 98.5 Å². The lowest BCUT2D eigenvalue weighted by Crippen LogP contribution is -2.34. The van der Waals surface area contributed by atoms with Gasteiger partial charge in [-0.15, -0.1) is 0 Å². The Balaban J connectivity index is 2.88. The molecule has 0 bridgehead atoms. The molecular formula is C9H11N3O4S. The molecule has 0 aliphatic rings. The summed E-state index contributed by atoms with van der Waals surface area (Å²) in [5.74, 6) is -0.959. The van der Waals surface area contributed by atoms with Gasteiger partial charge in [0.15, 0.2) is 5.58 Å². The minimum Gasteiger partial charge on any atom is -0.407 e. The van der Waals surface area contributed by atoms with Crippen molar-refractivity contribution in [2.45, 2.75) is 0 Å². The zero-order valence-corrected chi connectivity index (χ0v) is 10.1. The van der Waals surface area contributed by atoms with Gasteiger partial charge in [-0.2, -0.15) is 16.7 Å². The summed E-state index contributed by atoms with van der Waals surface area (Å²) in [5.41, 5.74) is 6.21. The van der Waals surface area contributed by atoms with Crippen LogP contribution in [0.15, 0.2) is 27.4 Å². The number of benzene rings is 1. The minimum absolute atomic E-state index is 0.139. The molecule has 1 heterocycles. The molecule has 1 aromatic carbocycles. The minimum atomic E-state index is -3.90. The summed E-state index contributed by atoms with van der Waals surface area (Å²) in [4.78, 5) is 11.6. The van der Waals surface area contributed by atoms with Crippen LogP contribution in [0.1, 0.15) is 0 Å². The van der Waals surface area contributed by atoms with Gasteiger partial charge >= 0.3 is 16.0 Å². The standard InChI is InChI=1S/C9H11N3O4S/c1-11(2)17(14,15)12-7-4-3-6(10)5-8(7)16-9(12)13/h3-5H,10H2,1-2H3. The van der Waals surface area contributed by atoms with Gasteiger partial charge in [-0.05, 0) is 12.1 Å². The molecule has 0 aliphatic carbocycles. The fourth-order valence-corrected chi connectivity index (χ4v) is 2.35. The number of nitrogens with zero attached hydrogens (tertiary/aromatic N) is 2. The van der Waals surface area contributed by atoms with Gasteiger partial charge in [-0.3, -0.25) is 0 Å². The van der Waals surface area contributed by atoms with Crippen molar-refractivity contribution in [1.29, 1.82) is 0 Å². The van der Waals surface area contributed by atoms with E-state index in [2.05, 4.69) is 0 Å². The largest absolute Gasteiger partial charge is 0.435 e. The molecule has 0 fully saturated rings. The predicted molar refractivity (Wildman–Crippen MR) is 62.9 cm³/mol. The zero-order valence-electron chi connectivity index (χ0n) is 9.25. The lowest BCUT2D eigenvalue weighted by atomic mass is 10.3. The van der Waals surface area contributed by atoms with E-state index in [1.807, 2.05) is 0 Å². The van der Waals surface area contributed by atoms with E-state index < -0.39 is 16.0 Å². The van der Waals surface area contributed by atoms with Crippen LogP contribution in [0.2, 0.25) is 0 Å². The van der Waals surface area contributed by atoms with Crippen molar-refractivity contribution in [2.24, 2.45) is 0 Å². The average molecular weight is 257 g/mol. The third-order valence-electron chi connectivity index (χ3n) is 2.26. The van der Waals surface area contributed by atoms with Crippen molar-refractivity contribution in [2.75, 3.05) is 19.8 Å². The molecule has 0 spiro atoms. The molecule has 1 aromatic heterocycles. The Kier molecular flexibility index (Phi) is 2.48. The van der Waals surface area contributed by atoms with Crippen molar-refractivity contribution in [3.05, 3.63) is 28.7 Å². The Morgan fingerprint density at radius 3 is 2.59 bits per heavy atom. The summed E-state index contributed by atoms with van der Waals surface area (Å²) in [5, 5.41) is 0. The SMILES string of the molecule is CN(C)S(=O)(=O)n1c(=O)oc2cc(N)ccc21. The van der Waals surface area contributed by atoms with Gasteiger partial charge in [0.25, 0.3) is 0 Å². The number of hydrogen-bond donors (Lipinski definition) is 1. The lowest BCUT2D eigenvalue weighted by molar-refractivity contribution is 0.493. The van der Waals surface area contributed by atoms with Gasteiger partial charge in [0, 0.05) is 25.8 Å². The number of nitrogen functional groups attached to an aromatic ring is 1. The Morgan fingerprint density at radius 1 is 1.35 bits per heavy atom. The third kappa shape index (κ3) is 1.71. The van der Waals surface area contributed by atoms with Crippen molar-refractivity contribution in [1.82, 2.24) is 8.28 Å². The lowest BCUT2D eigenvalue weighted by Gasteiger charge is -2.10. The molecular weight excluding hydrogens is 246 g/mol. The van der Waals surface area contributed by atoms with E-state index in [9.17, 15) is 13.2 Å². The Morgan fingerprint density at radius 2 is 2.00 bits per heavy atom. The number of anilines is 1. The second-order valence-electron chi connectivity index (χ2n) is 3.65. The van der Waals surface area contributed by atoms with Gasteiger partial charge in [-0.25, -0.2) is 4.79 Å². The maximum Gasteiger partial charge on any atom is 0.435 e. The normalized spacial score (nSPS) is 12.4. The van der Waals surface area contributed by atoms with Crippen molar-refractivity contribution in [3.63, 3.8) is 0 Å². The number of rotatable bonds is 2. The molecule has 17 heavy (non-hydrogen) atoms. The summed E-state index contributed by atoms with van der Waals surface area (Å²) in [7, 11) is -1.24. The number of aromatic nitrogens is 1. The van der Waals surface area contributed by atoms with Gasteiger partial charge in [0.05, 0.1) is 0 Å². The molecule has 2 N–H and O–H groups in total. The Labute approximate surface area is 97.2 Å². The molecule has 0 saturated carbocycles. The van der Waals surface area contributed by atoms with E-state index in [1.54, 1.807) is 0 Å². The number of hydrogen-bond acceptors (Lipinski definition) is 5. The molecule has 7 nitrogen and oxygen atoms in total. The van der Waals surface area contributed by atoms with E-state index in [0.29, 0.717) is 9.66 Å². The smallest absolute Gasteiger partial charge is 0.407 e. The first kappa shape index (κ1) is 11.7. The summed E-state index contributed by atoms with van der Waals surface area (Å²) >= 11 is 0. The zero-order chi connectivity index (χ0) is 12.8. The summed E-state index contributed by atoms with van der Waals surface area (Å²) < 4.78 is 30.2. The molecule has 0 saturated heterocycles. The van der Waals surface area contributed by atoms with Crippen molar-refractivity contribution >= 4 is 27.0 Å². The maximum atomic E-state index is 11.9. The van der Waals surface area contributed by atoms with Crippen LogP contribution < -0.4 is 11.5 Å². The first-order valence-electron chi connectivity index (χ1n) is 4.68. The summed E-state index contributed by atoms with van der Waals surface area (Å²) in [6, 6.07) is 4.33. The van der Waals surface area contributed by atoms with Gasteiger partial charge < -0.3 is 10.2 Å². The third-order valence-corrected chi connectivity index (χ3v) is 3.99. The van der Waals surface area contributed by atoms with Crippen LogP contribution in [0.25, 0.3) is 11.1 Å². The molecule has 0 aliphatic heterocycles. The van der Waals surface area contributed by atoms with Gasteiger partial charge in [-0.1, -0.05) is 0 Å². The van der Waals surface area contributed by atoms with E-state index in [0.717, 1.165) is 4.31 Å². The average Bonchev–Trinajstić information content (AvgIpc) is 2.53. The second-order valence-corrected chi connectivity index (χ2v) is 5.64. The molecule has 2 rings (SSSR count). The fourth-order valence-electron chi connectivity index (χ4n) is 1.40. The van der Waals surface area contributed by atoms with Crippen LogP contribution in [0.5, 0.6) is 0 Å². The van der Waals surface area contributed by atoms with Crippen LogP contribution in [0.4, 0.5) is 5.69 Å². The molecule has 0 radical (unpaired) electrons. The highest BCUT2D eigenvalue weighted by Crippen LogP contribution is 2.18. The number of nitrogens with two attached hydrogens (primary N) is 1. The number of oxazole rings is 1. The molecule has 0 amide bonds. The van der Waals surface area contributed by atoms with E-state index in [1.165, 1.54) is 32.3 Å². The molecule has 2 aromatic rings. The molecule has 0 atom stereocenters. The molecule has 8 heteroatoms. The van der Waals surface area contributed by atoms with E-state index in [-0.39, 0.29) is 11.1 Å². The molecule has 92 valence electrons. The van der Waals surface area contributed by atoms with Gasteiger partial charge in [0.1, 0.15) is 5.52 Å². The van der Waals surface area contributed by atoms with Crippen molar-refractivity contribution in [3.8, 4) is 0 Å². The second kappa shape index (κ2) is 3.60. The first-order valence-corrected chi connectivity index (χ1v) is 6.08. The van der Waals surface area contributed by atoms with Gasteiger partial charge in [0.2, 0.25) is 0 Å². The molecule has 0 unspecified atom stereocenters. The van der Waals surface area contributed by atoms with E-state index in [4.69, 9.17) is 10.2 Å². The summed E-state index contributed by atoms with van der Waals surface area (Å²) in [6.45, 7) is 0.